The molecule has 5 aromatic carbocycles. The zero-order valence-corrected chi connectivity index (χ0v) is 21.8. The number of nitrogens with one attached hydrogen (secondary N) is 1. The van der Waals surface area contributed by atoms with Crippen LogP contribution in [0.2, 0.25) is 0 Å². The van der Waals surface area contributed by atoms with Crippen LogP contribution in [0.25, 0.3) is 33.9 Å². The molecule has 0 atom stereocenters. The van der Waals surface area contributed by atoms with Crippen molar-refractivity contribution in [1.29, 1.82) is 0 Å². The predicted molar refractivity (Wildman–Crippen MR) is 160 cm³/mol. The van der Waals surface area contributed by atoms with Gasteiger partial charge in [0.25, 0.3) is 0 Å². The average Bonchev–Trinajstić information content (AvgIpc) is 3.47. The lowest BCUT2D eigenvalue weighted by molar-refractivity contribution is 0.627. The first-order chi connectivity index (χ1) is 20.1. The molecule has 0 fully saturated rings. The summed E-state index contributed by atoms with van der Waals surface area (Å²) in [6.45, 7) is 0. The van der Waals surface area contributed by atoms with E-state index in [2.05, 4.69) is 28.7 Å². The molecular weight excluding hydrogens is 510 g/mol. The molecule has 0 amide bonds. The summed E-state index contributed by atoms with van der Waals surface area (Å²) in [6.07, 6.45) is 0. The van der Waals surface area contributed by atoms with E-state index in [0.29, 0.717) is 0 Å². The molecule has 0 radical (unpaired) electrons. The fourth-order valence-corrected chi connectivity index (χ4v) is 4.31. The normalized spacial score (nSPS) is 10.3. The van der Waals surface area contributed by atoms with Crippen molar-refractivity contribution < 1.29 is 8.78 Å². The molecule has 1 N–H and O–H groups in total. The Labute approximate surface area is 237 Å². The smallest absolute Gasteiger partial charge is 0.138 e. The van der Waals surface area contributed by atoms with Gasteiger partial charge >= 0.3 is 0 Å². The van der Waals surface area contributed by atoms with Crippen LogP contribution in [0, 0.1) is 35.3 Å². The molecule has 0 aliphatic heterocycles. The van der Waals surface area contributed by atoms with Crippen LogP contribution >= 0.6 is 0 Å². The maximum absolute atomic E-state index is 13.2. The van der Waals surface area contributed by atoms with Crippen LogP contribution in [0.3, 0.4) is 0 Å². The number of hydrogen-bond donors (Lipinski definition) is 1. The highest BCUT2D eigenvalue weighted by molar-refractivity contribution is 5.81. The van der Waals surface area contributed by atoms with Gasteiger partial charge in [0, 0.05) is 38.9 Å². The zero-order valence-electron chi connectivity index (χ0n) is 21.8. The van der Waals surface area contributed by atoms with Crippen LogP contribution < -0.4 is 0 Å². The number of aromatic amines is 1. The second kappa shape index (κ2) is 11.6. The molecule has 1 aromatic heterocycles. The lowest BCUT2D eigenvalue weighted by Crippen LogP contribution is -1.86. The Hall–Kier alpha value is -5.71. The molecule has 194 valence electrons. The highest BCUT2D eigenvalue weighted by Crippen LogP contribution is 2.33. The van der Waals surface area contributed by atoms with Crippen LogP contribution in [0.1, 0.15) is 22.3 Å². The number of halogens is 2. The summed E-state index contributed by atoms with van der Waals surface area (Å²) in [6, 6.07) is 38.2. The largest absolute Gasteiger partial charge is 0.337 e. The molecule has 6 aromatic rings. The zero-order chi connectivity index (χ0) is 28.0. The van der Waals surface area contributed by atoms with Crippen molar-refractivity contribution in [3.8, 4) is 57.6 Å². The quantitative estimate of drug-likeness (QED) is 0.228. The molecule has 6 rings (SSSR count). The lowest BCUT2D eigenvalue weighted by atomic mass is 10.0. The molecule has 0 unspecified atom stereocenters. The second-order valence-electron chi connectivity index (χ2n) is 9.34. The molecule has 0 bridgehead atoms. The number of benzene rings is 5. The van der Waals surface area contributed by atoms with Crippen LogP contribution in [-0.2, 0) is 0 Å². The van der Waals surface area contributed by atoms with Crippen molar-refractivity contribution in [2.24, 2.45) is 0 Å². The Morgan fingerprint density at radius 3 is 1.32 bits per heavy atom. The molecular formula is C37H22F2N2. The van der Waals surface area contributed by atoms with E-state index in [4.69, 9.17) is 4.98 Å². The summed E-state index contributed by atoms with van der Waals surface area (Å²) < 4.78 is 26.4. The van der Waals surface area contributed by atoms with Gasteiger partial charge in [0.2, 0.25) is 0 Å². The first-order valence-corrected chi connectivity index (χ1v) is 13.0. The number of H-pyrrole nitrogens is 1. The van der Waals surface area contributed by atoms with Crippen molar-refractivity contribution in [3.05, 3.63) is 161 Å². The second-order valence-corrected chi connectivity index (χ2v) is 9.34. The van der Waals surface area contributed by atoms with Crippen molar-refractivity contribution in [2.45, 2.75) is 0 Å². The van der Waals surface area contributed by atoms with E-state index in [1.807, 2.05) is 78.9 Å². The highest BCUT2D eigenvalue weighted by atomic mass is 19.1. The molecule has 1 heterocycles. The number of nitrogens with zero attached hydrogens (tertiary/aromatic N) is 1. The van der Waals surface area contributed by atoms with Gasteiger partial charge in [-0.25, -0.2) is 13.8 Å². The third kappa shape index (κ3) is 6.14. The van der Waals surface area contributed by atoms with Crippen molar-refractivity contribution in [3.63, 3.8) is 0 Å². The Morgan fingerprint density at radius 1 is 0.439 bits per heavy atom. The van der Waals surface area contributed by atoms with Crippen LogP contribution in [0.4, 0.5) is 8.78 Å². The summed E-state index contributed by atoms with van der Waals surface area (Å²) in [5.41, 5.74) is 7.85. The highest BCUT2D eigenvalue weighted by Gasteiger charge is 2.15. The fraction of sp³-hybridized carbons (Fsp3) is 0. The van der Waals surface area contributed by atoms with E-state index < -0.39 is 0 Å². The van der Waals surface area contributed by atoms with E-state index in [1.54, 1.807) is 24.3 Å². The van der Waals surface area contributed by atoms with Crippen molar-refractivity contribution >= 4 is 0 Å². The van der Waals surface area contributed by atoms with Crippen LogP contribution in [-0.4, -0.2) is 9.97 Å². The predicted octanol–water partition coefficient (Wildman–Crippen LogP) is 8.49. The van der Waals surface area contributed by atoms with Gasteiger partial charge in [-0.3, -0.25) is 0 Å². The van der Waals surface area contributed by atoms with E-state index in [1.165, 1.54) is 24.3 Å². The third-order valence-corrected chi connectivity index (χ3v) is 6.47. The summed E-state index contributed by atoms with van der Waals surface area (Å²) in [5, 5.41) is 0. The van der Waals surface area contributed by atoms with E-state index in [0.717, 1.165) is 56.2 Å². The van der Waals surface area contributed by atoms with E-state index in [-0.39, 0.29) is 11.6 Å². The number of rotatable bonds is 3. The van der Waals surface area contributed by atoms with Gasteiger partial charge in [-0.2, -0.15) is 0 Å². The monoisotopic (exact) mass is 532 g/mol. The minimum Gasteiger partial charge on any atom is -0.337 e. The average molecular weight is 533 g/mol. The Bertz CT molecular complexity index is 1790. The minimum atomic E-state index is -0.280. The van der Waals surface area contributed by atoms with Crippen LogP contribution in [0.15, 0.2) is 127 Å². The Morgan fingerprint density at radius 2 is 0.854 bits per heavy atom. The van der Waals surface area contributed by atoms with Gasteiger partial charge in [-0.15, -0.1) is 0 Å². The first-order valence-electron chi connectivity index (χ1n) is 13.0. The molecule has 0 spiro atoms. The van der Waals surface area contributed by atoms with Gasteiger partial charge in [0.05, 0.1) is 11.4 Å². The van der Waals surface area contributed by atoms with Crippen molar-refractivity contribution in [2.75, 3.05) is 0 Å². The molecule has 41 heavy (non-hydrogen) atoms. The molecule has 2 nitrogen and oxygen atoms in total. The van der Waals surface area contributed by atoms with E-state index in [9.17, 15) is 8.78 Å². The number of imidazole rings is 1. The van der Waals surface area contributed by atoms with Gasteiger partial charge in [0.15, 0.2) is 0 Å². The topological polar surface area (TPSA) is 28.7 Å². The Kier molecular flexibility index (Phi) is 7.22. The van der Waals surface area contributed by atoms with Crippen molar-refractivity contribution in [1.82, 2.24) is 9.97 Å². The lowest BCUT2D eigenvalue weighted by Gasteiger charge is -2.04. The summed E-state index contributed by atoms with van der Waals surface area (Å²) in [5.74, 6) is 12.6. The molecule has 4 heteroatoms. The summed E-state index contributed by atoms with van der Waals surface area (Å²) in [4.78, 5) is 8.50. The van der Waals surface area contributed by atoms with Gasteiger partial charge < -0.3 is 4.98 Å². The number of hydrogen-bond acceptors (Lipinski definition) is 1. The maximum Gasteiger partial charge on any atom is 0.138 e. The Balaban J connectivity index is 1.32. The molecule has 0 aliphatic carbocycles. The van der Waals surface area contributed by atoms with Gasteiger partial charge in [-0.1, -0.05) is 78.3 Å². The van der Waals surface area contributed by atoms with E-state index >= 15 is 0 Å². The maximum atomic E-state index is 13.2. The summed E-state index contributed by atoms with van der Waals surface area (Å²) >= 11 is 0. The van der Waals surface area contributed by atoms with Gasteiger partial charge in [0.1, 0.15) is 17.5 Å². The SMILES string of the molecule is Fc1ccc(C#Cc2ccc(-c3nc(-c4ccccc4)[nH]c3-c3ccc(C#Cc4ccc(F)cc4)cc3)cc2)cc1. The van der Waals surface area contributed by atoms with Crippen LogP contribution in [0.5, 0.6) is 0 Å². The first kappa shape index (κ1) is 25.6. The molecule has 0 saturated carbocycles. The van der Waals surface area contributed by atoms with Gasteiger partial charge in [-0.05, 0) is 72.8 Å². The molecule has 0 saturated heterocycles. The number of aromatic nitrogens is 2. The molecule has 0 aliphatic rings. The third-order valence-electron chi connectivity index (χ3n) is 6.47. The summed E-state index contributed by atoms with van der Waals surface area (Å²) in [7, 11) is 0. The minimum absolute atomic E-state index is 0.280. The fourth-order valence-electron chi connectivity index (χ4n) is 4.31. The standard InChI is InChI=1S/C37H22F2N2/c38-33-22-14-28(15-23-33)8-6-26-10-18-30(19-11-26)35-36(41-37(40-35)32-4-2-1-3-5-32)31-20-12-27(13-21-31)7-9-29-16-24-34(39)25-17-29/h1-5,10-25H,(H,40,41).